The van der Waals surface area contributed by atoms with Gasteiger partial charge in [0.05, 0.1) is 17.1 Å². The Balaban J connectivity index is 1.67. The van der Waals surface area contributed by atoms with Crippen LogP contribution in [0.2, 0.25) is 0 Å². The number of fused-ring (bicyclic) bond motifs is 2. The Hall–Kier alpha value is -1.55. The molecular weight excluding hydrogens is 228 g/mol. The van der Waals surface area contributed by atoms with Crippen LogP contribution in [0.15, 0.2) is 23.0 Å². The Bertz CT molecular complexity index is 647. The van der Waals surface area contributed by atoms with Gasteiger partial charge in [0.2, 0.25) is 0 Å². The van der Waals surface area contributed by atoms with Crippen molar-refractivity contribution in [3.05, 3.63) is 34.2 Å². The third kappa shape index (κ3) is 1.38. The van der Waals surface area contributed by atoms with Gasteiger partial charge in [-0.05, 0) is 48.3 Å². The number of rotatable bonds is 2. The number of aliphatic hydroxyl groups is 1. The number of hydrogen-bond acceptors (Lipinski definition) is 2. The van der Waals surface area contributed by atoms with E-state index in [-0.39, 0.29) is 11.8 Å². The summed E-state index contributed by atoms with van der Waals surface area (Å²) in [6.07, 6.45) is 3.50. The summed E-state index contributed by atoms with van der Waals surface area (Å²) in [5.74, 6) is 1.92. The lowest BCUT2D eigenvalue weighted by Crippen LogP contribution is -2.04. The van der Waals surface area contributed by atoms with Crippen LogP contribution in [0.3, 0.4) is 0 Å². The third-order valence-electron chi connectivity index (χ3n) is 4.72. The molecule has 0 bridgehead atoms. The molecule has 0 spiro atoms. The van der Waals surface area contributed by atoms with E-state index in [0.717, 1.165) is 28.4 Å². The lowest BCUT2D eigenvalue weighted by atomic mass is 9.99. The minimum absolute atomic E-state index is 0.195. The second-order valence-electron chi connectivity index (χ2n) is 5.66. The quantitative estimate of drug-likeness (QED) is 0.755. The van der Waals surface area contributed by atoms with Crippen molar-refractivity contribution in [3.8, 4) is 0 Å². The lowest BCUT2D eigenvalue weighted by molar-refractivity contribution is 0.137. The van der Waals surface area contributed by atoms with Crippen LogP contribution < -0.4 is 5.69 Å². The molecule has 1 aromatic carbocycles. The van der Waals surface area contributed by atoms with E-state index in [2.05, 4.69) is 9.97 Å². The van der Waals surface area contributed by atoms with Crippen LogP contribution in [0.5, 0.6) is 0 Å². The largest absolute Gasteiger partial charge is 0.388 e. The molecule has 94 valence electrons. The van der Waals surface area contributed by atoms with E-state index >= 15 is 0 Å². The average molecular weight is 244 g/mol. The summed E-state index contributed by atoms with van der Waals surface area (Å²) in [7, 11) is 0. The highest BCUT2D eigenvalue weighted by molar-refractivity contribution is 5.75. The zero-order valence-electron chi connectivity index (χ0n) is 10.0. The van der Waals surface area contributed by atoms with Crippen molar-refractivity contribution < 1.29 is 5.11 Å². The minimum atomic E-state index is -0.372. The lowest BCUT2D eigenvalue weighted by Gasteiger charge is -2.12. The number of imidazole rings is 1. The molecule has 4 heteroatoms. The molecule has 4 rings (SSSR count). The maximum Gasteiger partial charge on any atom is 0.323 e. The fourth-order valence-corrected chi connectivity index (χ4v) is 3.80. The molecule has 1 aromatic heterocycles. The van der Waals surface area contributed by atoms with E-state index in [9.17, 15) is 9.90 Å². The topological polar surface area (TPSA) is 68.9 Å². The van der Waals surface area contributed by atoms with Gasteiger partial charge in [0, 0.05) is 0 Å². The maximum absolute atomic E-state index is 11.2. The van der Waals surface area contributed by atoms with E-state index in [0.29, 0.717) is 5.92 Å². The van der Waals surface area contributed by atoms with Crippen LogP contribution in [0, 0.1) is 17.8 Å². The SMILES string of the molecule is O=c1[nH]c2ccc(C(O)C3C4CCCC43)cc2[nH]1. The minimum Gasteiger partial charge on any atom is -0.388 e. The van der Waals surface area contributed by atoms with Crippen molar-refractivity contribution >= 4 is 11.0 Å². The summed E-state index contributed by atoms with van der Waals surface area (Å²) < 4.78 is 0. The number of aromatic nitrogens is 2. The van der Waals surface area contributed by atoms with Gasteiger partial charge in [0.25, 0.3) is 0 Å². The zero-order chi connectivity index (χ0) is 12.3. The van der Waals surface area contributed by atoms with Gasteiger partial charge in [-0.2, -0.15) is 0 Å². The summed E-state index contributed by atoms with van der Waals surface area (Å²) in [6, 6.07) is 5.68. The molecule has 3 unspecified atom stereocenters. The summed E-state index contributed by atoms with van der Waals surface area (Å²) in [5.41, 5.74) is 2.31. The first kappa shape index (κ1) is 10.4. The number of aromatic amines is 2. The van der Waals surface area contributed by atoms with Crippen molar-refractivity contribution in [3.63, 3.8) is 0 Å². The van der Waals surface area contributed by atoms with Gasteiger partial charge in [-0.3, -0.25) is 0 Å². The smallest absolute Gasteiger partial charge is 0.323 e. The van der Waals surface area contributed by atoms with Crippen LogP contribution in [0.4, 0.5) is 0 Å². The highest BCUT2D eigenvalue weighted by atomic mass is 16.3. The Kier molecular flexibility index (Phi) is 2.01. The van der Waals surface area contributed by atoms with Crippen molar-refractivity contribution in [2.45, 2.75) is 25.4 Å². The second kappa shape index (κ2) is 3.48. The number of hydrogen-bond donors (Lipinski definition) is 3. The maximum atomic E-state index is 11.2. The van der Waals surface area contributed by atoms with Crippen molar-refractivity contribution in [2.75, 3.05) is 0 Å². The van der Waals surface area contributed by atoms with Gasteiger partial charge >= 0.3 is 5.69 Å². The monoisotopic (exact) mass is 244 g/mol. The number of benzene rings is 1. The summed E-state index contributed by atoms with van der Waals surface area (Å²) in [5, 5.41) is 10.4. The first-order chi connectivity index (χ1) is 8.74. The van der Waals surface area contributed by atoms with Crippen LogP contribution in [-0.4, -0.2) is 15.1 Å². The molecule has 0 amide bonds. The van der Waals surface area contributed by atoms with E-state index in [1.165, 1.54) is 19.3 Å². The van der Waals surface area contributed by atoms with Gasteiger partial charge in [0.15, 0.2) is 0 Å². The Morgan fingerprint density at radius 3 is 2.67 bits per heavy atom. The predicted octanol–water partition coefficient (Wildman–Crippen LogP) is 1.94. The molecule has 2 fully saturated rings. The van der Waals surface area contributed by atoms with Crippen LogP contribution in [0.1, 0.15) is 30.9 Å². The molecule has 2 saturated carbocycles. The molecule has 4 nitrogen and oxygen atoms in total. The summed E-state index contributed by atoms with van der Waals surface area (Å²) in [6.45, 7) is 0. The van der Waals surface area contributed by atoms with E-state index in [1.54, 1.807) is 0 Å². The van der Waals surface area contributed by atoms with E-state index in [4.69, 9.17) is 0 Å². The number of aliphatic hydroxyl groups excluding tert-OH is 1. The van der Waals surface area contributed by atoms with Crippen molar-refractivity contribution in [1.82, 2.24) is 9.97 Å². The normalized spacial score (nSPS) is 31.5. The van der Waals surface area contributed by atoms with Crippen molar-refractivity contribution in [1.29, 1.82) is 0 Å². The highest BCUT2D eigenvalue weighted by Crippen LogP contribution is 2.62. The van der Waals surface area contributed by atoms with Crippen LogP contribution >= 0.6 is 0 Å². The third-order valence-corrected chi connectivity index (χ3v) is 4.72. The molecular formula is C14H16N2O2. The molecule has 0 radical (unpaired) electrons. The number of H-pyrrole nitrogens is 2. The highest BCUT2D eigenvalue weighted by Gasteiger charge is 2.55. The summed E-state index contributed by atoms with van der Waals surface area (Å²) >= 11 is 0. The predicted molar refractivity (Wildman–Crippen MR) is 68.2 cm³/mol. The zero-order valence-corrected chi connectivity index (χ0v) is 10.0. The molecule has 2 aliphatic rings. The Labute approximate surface area is 104 Å². The first-order valence-corrected chi connectivity index (χ1v) is 6.64. The van der Waals surface area contributed by atoms with Gasteiger partial charge in [-0.1, -0.05) is 12.5 Å². The number of nitrogens with one attached hydrogen (secondary N) is 2. The molecule has 3 atom stereocenters. The summed E-state index contributed by atoms with van der Waals surface area (Å²) in [4.78, 5) is 16.7. The van der Waals surface area contributed by atoms with E-state index in [1.807, 2.05) is 18.2 Å². The molecule has 2 aliphatic carbocycles. The van der Waals surface area contributed by atoms with Gasteiger partial charge in [-0.25, -0.2) is 4.79 Å². The van der Waals surface area contributed by atoms with Gasteiger partial charge in [0.1, 0.15) is 0 Å². The Morgan fingerprint density at radius 2 is 1.89 bits per heavy atom. The molecule has 0 saturated heterocycles. The molecule has 2 aromatic rings. The molecule has 3 N–H and O–H groups in total. The Morgan fingerprint density at radius 1 is 1.17 bits per heavy atom. The molecule has 0 aliphatic heterocycles. The molecule has 1 heterocycles. The van der Waals surface area contributed by atoms with E-state index < -0.39 is 0 Å². The van der Waals surface area contributed by atoms with Gasteiger partial charge < -0.3 is 15.1 Å². The molecule has 18 heavy (non-hydrogen) atoms. The van der Waals surface area contributed by atoms with Crippen molar-refractivity contribution in [2.24, 2.45) is 17.8 Å². The standard InChI is InChI=1S/C14H16N2O2/c17-13(12-8-2-1-3-9(8)12)7-4-5-10-11(6-7)16-14(18)15-10/h4-6,8-9,12-13,17H,1-3H2,(H2,15,16,18). The van der Waals surface area contributed by atoms with Gasteiger partial charge in [-0.15, -0.1) is 0 Å². The average Bonchev–Trinajstić information content (AvgIpc) is 2.74. The van der Waals surface area contributed by atoms with Crippen LogP contribution in [0.25, 0.3) is 11.0 Å². The fourth-order valence-electron chi connectivity index (χ4n) is 3.80. The second-order valence-corrected chi connectivity index (χ2v) is 5.66. The van der Waals surface area contributed by atoms with Crippen LogP contribution in [-0.2, 0) is 0 Å². The fraction of sp³-hybridized carbons (Fsp3) is 0.500. The first-order valence-electron chi connectivity index (χ1n) is 6.64.